The minimum atomic E-state index is 0.586. The molecule has 0 bridgehead atoms. The van der Waals surface area contributed by atoms with E-state index >= 15 is 0 Å². The van der Waals surface area contributed by atoms with E-state index in [9.17, 15) is 0 Å². The number of hydrogen-bond acceptors (Lipinski definition) is 0. The second-order valence-corrected chi connectivity index (χ2v) is 10.4. The van der Waals surface area contributed by atoms with Crippen LogP contribution in [0.5, 0.6) is 0 Å². The van der Waals surface area contributed by atoms with Gasteiger partial charge in [-0.3, -0.25) is 4.98 Å². The van der Waals surface area contributed by atoms with Crippen LogP contribution in [0.2, 0.25) is 0 Å². The molecule has 0 saturated carbocycles. The van der Waals surface area contributed by atoms with Crippen LogP contribution in [0.15, 0.2) is 49.1 Å². The van der Waals surface area contributed by atoms with Crippen molar-refractivity contribution >= 4 is 0 Å². The van der Waals surface area contributed by atoms with E-state index < -0.39 is 0 Å². The van der Waals surface area contributed by atoms with Gasteiger partial charge in [-0.15, -0.1) is 0 Å². The van der Waals surface area contributed by atoms with Gasteiger partial charge in [0.25, 0.3) is 0 Å². The Morgan fingerprint density at radius 1 is 0.697 bits per heavy atom. The van der Waals surface area contributed by atoms with Crippen molar-refractivity contribution < 1.29 is 4.57 Å². The largest absolute Gasteiger partial charge is 0.250 e. The van der Waals surface area contributed by atoms with Crippen molar-refractivity contribution in [3.63, 3.8) is 0 Å². The van der Waals surface area contributed by atoms with E-state index in [4.69, 9.17) is 0 Å². The summed E-state index contributed by atoms with van der Waals surface area (Å²) in [5.41, 5.74) is 1.46. The second-order valence-electron chi connectivity index (χ2n) is 10.4. The molecule has 2 nitrogen and oxygen atoms in total. The lowest BCUT2D eigenvalue weighted by atomic mass is 9.90. The van der Waals surface area contributed by atoms with Gasteiger partial charge in [0.05, 0.1) is 0 Å². The third-order valence-electron chi connectivity index (χ3n) is 7.36. The maximum absolute atomic E-state index is 3.25. The highest BCUT2D eigenvalue weighted by atomic mass is 15.1. The third-order valence-corrected chi connectivity index (χ3v) is 7.36. The first-order valence-corrected chi connectivity index (χ1v) is 14.4. The van der Waals surface area contributed by atoms with Gasteiger partial charge in [-0.1, -0.05) is 140 Å². The van der Waals surface area contributed by atoms with E-state index in [0.29, 0.717) is 12.0 Å². The molecular formula is C31H53N2+. The highest BCUT2D eigenvalue weighted by molar-refractivity contribution is 5.15. The molecule has 0 spiro atoms. The highest BCUT2D eigenvalue weighted by Crippen LogP contribution is 2.24. The van der Waals surface area contributed by atoms with Crippen molar-refractivity contribution in [3.8, 4) is 0 Å². The van der Waals surface area contributed by atoms with Gasteiger partial charge in [0.1, 0.15) is 18.4 Å². The number of unbranched alkanes of at least 4 members (excludes halogenated alkanes) is 15. The third kappa shape index (κ3) is 13.0. The number of nitrogens with zero attached hydrogens (tertiary/aromatic N) is 1. The van der Waals surface area contributed by atoms with E-state index in [0.717, 1.165) is 6.42 Å². The first-order chi connectivity index (χ1) is 16.3. The van der Waals surface area contributed by atoms with Gasteiger partial charge < -0.3 is 0 Å². The molecule has 0 fully saturated rings. The van der Waals surface area contributed by atoms with Crippen molar-refractivity contribution in [1.82, 2.24) is 4.98 Å². The number of aromatic amines is 1. The fourth-order valence-corrected chi connectivity index (χ4v) is 5.26. The summed E-state index contributed by atoms with van der Waals surface area (Å²) in [6, 6.07) is 11.6. The van der Waals surface area contributed by atoms with Crippen LogP contribution in [0.4, 0.5) is 0 Å². The first kappa shape index (κ1) is 27.7. The molecule has 2 aromatic rings. The van der Waals surface area contributed by atoms with Gasteiger partial charge in [-0.2, -0.15) is 0 Å². The summed E-state index contributed by atoms with van der Waals surface area (Å²) < 4.78 is 2.40. The van der Waals surface area contributed by atoms with Crippen LogP contribution >= 0.6 is 0 Å². The molecule has 0 radical (unpaired) electrons. The monoisotopic (exact) mass is 453 g/mol. The van der Waals surface area contributed by atoms with Crippen LogP contribution in [0.1, 0.15) is 135 Å². The van der Waals surface area contributed by atoms with E-state index in [2.05, 4.69) is 72.5 Å². The Labute approximate surface area is 205 Å². The number of hydrogen-bond donors (Lipinski definition) is 1. The van der Waals surface area contributed by atoms with Crippen molar-refractivity contribution in [1.29, 1.82) is 0 Å². The Balaban J connectivity index is 1.48. The van der Waals surface area contributed by atoms with E-state index in [1.807, 2.05) is 0 Å². The molecule has 0 aliphatic carbocycles. The summed E-state index contributed by atoms with van der Waals surface area (Å²) in [6.07, 6.45) is 31.8. The first-order valence-electron chi connectivity index (χ1n) is 14.4. The van der Waals surface area contributed by atoms with Crippen LogP contribution in [-0.4, -0.2) is 4.98 Å². The fraction of sp³-hybridized carbons (Fsp3) is 0.710. The van der Waals surface area contributed by atoms with E-state index in [1.54, 1.807) is 0 Å². The predicted molar refractivity (Wildman–Crippen MR) is 143 cm³/mol. The molecular weight excluding hydrogens is 400 g/mol. The number of imidazole rings is 1. The summed E-state index contributed by atoms with van der Waals surface area (Å²) in [7, 11) is 0. The van der Waals surface area contributed by atoms with Crippen LogP contribution in [0.25, 0.3) is 0 Å². The molecule has 0 aliphatic heterocycles. The number of benzene rings is 1. The zero-order valence-electron chi connectivity index (χ0n) is 21.9. The summed E-state index contributed by atoms with van der Waals surface area (Å²) in [5, 5.41) is 0. The molecule has 2 rings (SSSR count). The van der Waals surface area contributed by atoms with Crippen molar-refractivity contribution in [2.75, 3.05) is 0 Å². The maximum atomic E-state index is 3.25. The minimum absolute atomic E-state index is 0.586. The predicted octanol–water partition coefficient (Wildman–Crippen LogP) is 9.37. The van der Waals surface area contributed by atoms with Crippen LogP contribution in [0, 0.1) is 5.92 Å². The zero-order chi connectivity index (χ0) is 23.4. The molecule has 2 heteroatoms. The highest BCUT2D eigenvalue weighted by Gasteiger charge is 2.23. The number of H-pyrrole nitrogens is 1. The topological polar surface area (TPSA) is 19.7 Å². The van der Waals surface area contributed by atoms with Gasteiger partial charge >= 0.3 is 0 Å². The number of nitrogens with one attached hydrogen (secondary N) is 1. The Kier molecular flexibility index (Phi) is 15.8. The average molecular weight is 454 g/mol. The lowest BCUT2D eigenvalue weighted by Gasteiger charge is -2.21. The molecule has 2 atom stereocenters. The van der Waals surface area contributed by atoms with Gasteiger partial charge in [0.15, 0.2) is 0 Å². The van der Waals surface area contributed by atoms with Crippen LogP contribution in [-0.2, 0) is 6.42 Å². The number of aromatic nitrogens is 2. The van der Waals surface area contributed by atoms with E-state index in [1.165, 1.54) is 115 Å². The quantitative estimate of drug-likeness (QED) is 0.143. The fourth-order valence-electron chi connectivity index (χ4n) is 5.26. The number of rotatable bonds is 21. The molecule has 33 heavy (non-hydrogen) atoms. The molecule has 0 amide bonds. The Morgan fingerprint density at radius 2 is 1.21 bits per heavy atom. The molecule has 0 aliphatic rings. The zero-order valence-corrected chi connectivity index (χ0v) is 21.9. The smallest absolute Gasteiger partial charge is 0.241 e. The lowest BCUT2D eigenvalue weighted by molar-refractivity contribution is -0.729. The van der Waals surface area contributed by atoms with Gasteiger partial charge in [-0.25, -0.2) is 4.57 Å². The van der Waals surface area contributed by atoms with Crippen molar-refractivity contribution in [3.05, 3.63) is 54.6 Å². The lowest BCUT2D eigenvalue weighted by Crippen LogP contribution is -2.41. The van der Waals surface area contributed by atoms with E-state index in [-0.39, 0.29) is 0 Å². The maximum Gasteiger partial charge on any atom is 0.241 e. The Bertz CT molecular complexity index is 649. The molecule has 1 N–H and O–H groups in total. The second kappa shape index (κ2) is 18.8. The minimum Gasteiger partial charge on any atom is -0.250 e. The summed E-state index contributed by atoms with van der Waals surface area (Å²) in [4.78, 5) is 3.25. The molecule has 2 unspecified atom stereocenters. The van der Waals surface area contributed by atoms with Crippen LogP contribution < -0.4 is 4.57 Å². The Morgan fingerprint density at radius 3 is 1.70 bits per heavy atom. The summed E-state index contributed by atoms with van der Waals surface area (Å²) >= 11 is 0. The molecule has 1 aromatic carbocycles. The standard InChI is InChI=1S/C31H52N2/c1-3-4-5-6-7-8-9-10-11-12-13-14-15-16-17-21-24-31(33-26-25-32-28-33)29(2)27-30-22-19-18-20-23-30/h18-20,22-23,25-26,28-29,31H,3-17,21,24,27H2,1-2H3/p+1. The molecule has 186 valence electrons. The normalized spacial score (nSPS) is 13.3. The van der Waals surface area contributed by atoms with Crippen molar-refractivity contribution in [2.24, 2.45) is 5.92 Å². The average Bonchev–Trinajstić information content (AvgIpc) is 3.36. The van der Waals surface area contributed by atoms with Gasteiger partial charge in [0.2, 0.25) is 6.33 Å². The molecule has 0 saturated heterocycles. The summed E-state index contributed by atoms with van der Waals surface area (Å²) in [5.74, 6) is 0.643. The van der Waals surface area contributed by atoms with Crippen LogP contribution in [0.3, 0.4) is 0 Å². The van der Waals surface area contributed by atoms with Crippen molar-refractivity contribution in [2.45, 2.75) is 135 Å². The molecule has 1 aromatic heterocycles. The molecule has 1 heterocycles. The van der Waals surface area contributed by atoms with Gasteiger partial charge in [-0.05, 0) is 24.8 Å². The summed E-state index contributed by atoms with van der Waals surface area (Å²) in [6.45, 7) is 4.72. The SMILES string of the molecule is CCCCCCCCCCCCCCCCCCC(C(C)Cc1ccccc1)[n+]1cc[nH]c1. The van der Waals surface area contributed by atoms with Gasteiger partial charge in [0, 0.05) is 5.92 Å². The Hall–Kier alpha value is -1.57.